The molecule has 0 atom stereocenters. The van der Waals surface area contributed by atoms with Gasteiger partial charge in [-0.2, -0.15) is 0 Å². The van der Waals surface area contributed by atoms with E-state index in [-0.39, 0.29) is 17.6 Å². The molecular formula is C25H27F2N5O. The molecule has 172 valence electrons. The lowest BCUT2D eigenvalue weighted by atomic mass is 10.0. The van der Waals surface area contributed by atoms with Crippen molar-refractivity contribution in [3.05, 3.63) is 71.4 Å². The maximum Gasteiger partial charge on any atom is 0.321 e. The number of rotatable bonds is 4. The first-order valence-electron chi connectivity index (χ1n) is 11.0. The quantitative estimate of drug-likeness (QED) is 0.592. The second-order valence-corrected chi connectivity index (χ2v) is 8.42. The lowest BCUT2D eigenvalue weighted by molar-refractivity contribution is 0.208. The summed E-state index contributed by atoms with van der Waals surface area (Å²) >= 11 is 0. The topological polar surface area (TPSA) is 61.4 Å². The van der Waals surface area contributed by atoms with E-state index in [2.05, 4.69) is 24.1 Å². The van der Waals surface area contributed by atoms with Gasteiger partial charge in [-0.1, -0.05) is 44.2 Å². The second kappa shape index (κ2) is 9.52. The van der Waals surface area contributed by atoms with Crippen LogP contribution in [0.3, 0.4) is 0 Å². The van der Waals surface area contributed by atoms with E-state index in [4.69, 9.17) is 9.97 Å². The van der Waals surface area contributed by atoms with Crippen molar-refractivity contribution in [3.63, 3.8) is 0 Å². The van der Waals surface area contributed by atoms with Gasteiger partial charge >= 0.3 is 6.03 Å². The average molecular weight is 452 g/mol. The van der Waals surface area contributed by atoms with E-state index in [1.807, 2.05) is 37.3 Å². The molecule has 2 amide bonds. The highest BCUT2D eigenvalue weighted by molar-refractivity contribution is 5.89. The number of anilines is 2. The predicted octanol–water partition coefficient (Wildman–Crippen LogP) is 5.21. The van der Waals surface area contributed by atoms with Gasteiger partial charge in [0.2, 0.25) is 0 Å². The molecule has 1 N–H and O–H groups in total. The molecular weight excluding hydrogens is 424 g/mol. The fraction of sp³-hybridized carbons (Fsp3) is 0.320. The van der Waals surface area contributed by atoms with Gasteiger partial charge in [-0.25, -0.2) is 23.5 Å². The van der Waals surface area contributed by atoms with Gasteiger partial charge in [0.1, 0.15) is 5.82 Å². The number of hydrogen-bond donors (Lipinski definition) is 1. The molecule has 8 heteroatoms. The van der Waals surface area contributed by atoms with Crippen LogP contribution in [0.5, 0.6) is 0 Å². The van der Waals surface area contributed by atoms with E-state index in [0.29, 0.717) is 32.0 Å². The van der Waals surface area contributed by atoms with E-state index in [1.54, 1.807) is 4.90 Å². The summed E-state index contributed by atoms with van der Waals surface area (Å²) in [6, 6.07) is 12.9. The van der Waals surface area contributed by atoms with Gasteiger partial charge in [0.15, 0.2) is 17.5 Å². The Hall–Kier alpha value is -3.55. The molecule has 2 heterocycles. The summed E-state index contributed by atoms with van der Waals surface area (Å²) in [5.41, 5.74) is 3.24. The number of carbonyl (C=O) groups excluding carboxylic acids is 1. The van der Waals surface area contributed by atoms with Gasteiger partial charge in [-0.15, -0.1) is 0 Å². The fourth-order valence-electron chi connectivity index (χ4n) is 4.10. The number of nitrogens with zero attached hydrogens (tertiary/aromatic N) is 4. The van der Waals surface area contributed by atoms with Crippen LogP contribution in [-0.4, -0.2) is 47.1 Å². The maximum absolute atomic E-state index is 13.4. The van der Waals surface area contributed by atoms with E-state index in [9.17, 15) is 13.6 Å². The molecule has 0 aliphatic carbocycles. The molecule has 4 rings (SSSR count). The molecule has 1 aliphatic heterocycles. The van der Waals surface area contributed by atoms with E-state index < -0.39 is 11.6 Å². The van der Waals surface area contributed by atoms with Crippen LogP contribution in [0, 0.1) is 18.6 Å². The first kappa shape index (κ1) is 22.6. The van der Waals surface area contributed by atoms with Crippen LogP contribution in [0.4, 0.5) is 25.1 Å². The molecule has 0 unspecified atom stereocenters. The fourth-order valence-corrected chi connectivity index (χ4v) is 4.10. The van der Waals surface area contributed by atoms with Crippen molar-refractivity contribution < 1.29 is 13.6 Å². The third-order valence-corrected chi connectivity index (χ3v) is 5.76. The van der Waals surface area contributed by atoms with E-state index >= 15 is 0 Å². The van der Waals surface area contributed by atoms with Gasteiger partial charge in [-0.3, -0.25) is 0 Å². The van der Waals surface area contributed by atoms with Crippen molar-refractivity contribution >= 4 is 17.5 Å². The molecule has 0 spiro atoms. The summed E-state index contributed by atoms with van der Waals surface area (Å²) < 4.78 is 26.6. The molecule has 1 fully saturated rings. The Balaban J connectivity index is 1.51. The summed E-state index contributed by atoms with van der Waals surface area (Å²) in [6.45, 7) is 8.45. The average Bonchev–Trinajstić information content (AvgIpc) is 2.81. The summed E-state index contributed by atoms with van der Waals surface area (Å²) in [4.78, 5) is 26.2. The lowest BCUT2D eigenvalue weighted by Crippen LogP contribution is -2.50. The van der Waals surface area contributed by atoms with Crippen molar-refractivity contribution in [2.24, 2.45) is 0 Å². The van der Waals surface area contributed by atoms with Crippen LogP contribution in [0.1, 0.15) is 31.0 Å². The van der Waals surface area contributed by atoms with E-state index in [0.717, 1.165) is 34.8 Å². The zero-order valence-electron chi connectivity index (χ0n) is 19.0. The number of aromatic nitrogens is 2. The highest BCUT2D eigenvalue weighted by atomic mass is 19.2. The van der Waals surface area contributed by atoms with Crippen LogP contribution in [-0.2, 0) is 0 Å². The van der Waals surface area contributed by atoms with Crippen LogP contribution in [0.15, 0.2) is 48.5 Å². The Morgan fingerprint density at radius 3 is 2.30 bits per heavy atom. The number of halogens is 2. The summed E-state index contributed by atoms with van der Waals surface area (Å²) in [5, 5.41) is 2.64. The molecule has 6 nitrogen and oxygen atoms in total. The molecule has 1 saturated heterocycles. The van der Waals surface area contributed by atoms with Gasteiger partial charge < -0.3 is 15.1 Å². The largest absolute Gasteiger partial charge is 0.353 e. The van der Waals surface area contributed by atoms with Crippen molar-refractivity contribution in [2.45, 2.75) is 26.7 Å². The van der Waals surface area contributed by atoms with Crippen molar-refractivity contribution in [1.82, 2.24) is 14.9 Å². The lowest BCUT2D eigenvalue weighted by Gasteiger charge is -2.37. The normalized spacial score (nSPS) is 14.0. The van der Waals surface area contributed by atoms with Gasteiger partial charge in [0, 0.05) is 54.8 Å². The third kappa shape index (κ3) is 4.94. The van der Waals surface area contributed by atoms with Gasteiger partial charge in [0.25, 0.3) is 0 Å². The molecule has 33 heavy (non-hydrogen) atoms. The maximum atomic E-state index is 13.4. The Morgan fingerprint density at radius 2 is 1.67 bits per heavy atom. The number of piperazine rings is 1. The van der Waals surface area contributed by atoms with Crippen LogP contribution in [0.2, 0.25) is 0 Å². The van der Waals surface area contributed by atoms with Crippen LogP contribution < -0.4 is 10.2 Å². The number of hydrogen-bond acceptors (Lipinski definition) is 4. The Kier molecular flexibility index (Phi) is 6.53. The van der Waals surface area contributed by atoms with Gasteiger partial charge in [-0.05, 0) is 25.0 Å². The molecule has 0 saturated carbocycles. The summed E-state index contributed by atoms with van der Waals surface area (Å²) in [6.07, 6.45) is 0. The SMILES string of the molecule is Cc1nc(-c2ccccc2)nc(N2CCN(C(=O)Nc3ccc(F)c(F)c3)CC2)c1C(C)C. The van der Waals surface area contributed by atoms with Crippen LogP contribution >= 0.6 is 0 Å². The minimum Gasteiger partial charge on any atom is -0.353 e. The standard InChI is InChI=1S/C25H27F2N5O/c1-16(2)22-17(3)28-23(18-7-5-4-6-8-18)30-24(22)31-11-13-32(14-12-31)25(33)29-19-9-10-20(26)21(27)15-19/h4-10,15-16H,11-14H2,1-3H3,(H,29,33). The number of benzene rings is 2. The molecule has 1 aliphatic rings. The number of amides is 2. The molecule has 0 radical (unpaired) electrons. The molecule has 3 aromatic rings. The summed E-state index contributed by atoms with van der Waals surface area (Å²) in [5.74, 6) is -0.104. The smallest absolute Gasteiger partial charge is 0.321 e. The number of urea groups is 1. The number of nitrogens with one attached hydrogen (secondary N) is 1. The predicted molar refractivity (Wildman–Crippen MR) is 125 cm³/mol. The summed E-state index contributed by atoms with van der Waals surface area (Å²) in [7, 11) is 0. The van der Waals surface area contributed by atoms with Crippen molar-refractivity contribution in [3.8, 4) is 11.4 Å². The van der Waals surface area contributed by atoms with Crippen molar-refractivity contribution in [2.75, 3.05) is 36.4 Å². The number of aryl methyl sites for hydroxylation is 1. The van der Waals surface area contributed by atoms with Crippen LogP contribution in [0.25, 0.3) is 11.4 Å². The third-order valence-electron chi connectivity index (χ3n) is 5.76. The zero-order valence-corrected chi connectivity index (χ0v) is 19.0. The van der Waals surface area contributed by atoms with Gasteiger partial charge in [0.05, 0.1) is 0 Å². The highest BCUT2D eigenvalue weighted by Crippen LogP contribution is 2.31. The highest BCUT2D eigenvalue weighted by Gasteiger charge is 2.26. The monoisotopic (exact) mass is 451 g/mol. The first-order chi connectivity index (χ1) is 15.8. The minimum absolute atomic E-state index is 0.224. The second-order valence-electron chi connectivity index (χ2n) is 8.42. The Labute approximate surface area is 192 Å². The Bertz CT molecular complexity index is 1150. The van der Waals surface area contributed by atoms with E-state index in [1.165, 1.54) is 6.07 Å². The molecule has 2 aromatic carbocycles. The molecule has 1 aromatic heterocycles. The molecule has 0 bridgehead atoms. The van der Waals surface area contributed by atoms with Crippen molar-refractivity contribution in [1.29, 1.82) is 0 Å². The first-order valence-corrected chi connectivity index (χ1v) is 11.0. The Morgan fingerprint density at radius 1 is 0.970 bits per heavy atom. The zero-order chi connectivity index (χ0) is 23.5. The number of carbonyl (C=O) groups is 1. The minimum atomic E-state index is -0.993.